The van der Waals surface area contributed by atoms with E-state index in [9.17, 15) is 4.39 Å². The fraction of sp³-hybridized carbons (Fsp3) is 0. The molecule has 0 radical (unpaired) electrons. The van der Waals surface area contributed by atoms with Crippen molar-refractivity contribution in [2.24, 2.45) is 0 Å². The second-order valence-electron chi connectivity index (χ2n) is 2.54. The van der Waals surface area contributed by atoms with Crippen molar-refractivity contribution in [2.75, 3.05) is 0 Å². The molecule has 0 N–H and O–H groups in total. The van der Waals surface area contributed by atoms with Crippen molar-refractivity contribution in [3.8, 4) is 0 Å². The second-order valence-corrected chi connectivity index (χ2v) is 3.64. The molecule has 72 valence electrons. The van der Waals surface area contributed by atoms with Crippen molar-refractivity contribution in [3.63, 3.8) is 0 Å². The van der Waals surface area contributed by atoms with E-state index in [0.717, 1.165) is 0 Å². The molecule has 0 fully saturated rings. The number of aromatic nitrogens is 2. The van der Waals surface area contributed by atoms with Crippen molar-refractivity contribution >= 4 is 45.7 Å². The average molecular weight is 251 g/mol. The first-order valence-electron chi connectivity index (χ1n) is 3.56. The van der Waals surface area contributed by atoms with Crippen LogP contribution in [-0.4, -0.2) is 9.97 Å². The van der Waals surface area contributed by atoms with Gasteiger partial charge in [0.05, 0.1) is 15.9 Å². The van der Waals surface area contributed by atoms with Crippen molar-refractivity contribution in [2.45, 2.75) is 0 Å². The minimum atomic E-state index is -0.522. The van der Waals surface area contributed by atoms with E-state index in [0.29, 0.717) is 0 Å². The summed E-state index contributed by atoms with van der Waals surface area (Å²) in [5.41, 5.74) is 0.219. The van der Waals surface area contributed by atoms with Crippen molar-refractivity contribution < 1.29 is 4.39 Å². The maximum atomic E-state index is 13.3. The van der Waals surface area contributed by atoms with Crippen LogP contribution in [0.5, 0.6) is 0 Å². The molecule has 0 saturated heterocycles. The number of hydrogen-bond donors (Lipinski definition) is 0. The molecule has 0 saturated carbocycles. The van der Waals surface area contributed by atoms with Crippen molar-refractivity contribution in [1.82, 2.24) is 9.97 Å². The van der Waals surface area contributed by atoms with Gasteiger partial charge in [0.2, 0.25) is 5.28 Å². The Morgan fingerprint density at radius 2 is 1.79 bits per heavy atom. The molecule has 2 rings (SSSR count). The van der Waals surface area contributed by atoms with Crippen LogP contribution in [-0.2, 0) is 0 Å². The van der Waals surface area contributed by atoms with E-state index < -0.39 is 5.82 Å². The summed E-state index contributed by atoms with van der Waals surface area (Å²) in [5.74, 6) is -0.522. The van der Waals surface area contributed by atoms with Gasteiger partial charge in [-0.2, -0.15) is 0 Å². The summed E-state index contributed by atoms with van der Waals surface area (Å²) in [6.07, 6.45) is 0. The van der Waals surface area contributed by atoms with E-state index in [1.54, 1.807) is 0 Å². The largest absolute Gasteiger partial charge is 0.224 e. The molecule has 0 aliphatic rings. The van der Waals surface area contributed by atoms with Gasteiger partial charge in [0.15, 0.2) is 0 Å². The van der Waals surface area contributed by atoms with Gasteiger partial charge in [0.25, 0.3) is 0 Å². The van der Waals surface area contributed by atoms with Gasteiger partial charge < -0.3 is 0 Å². The number of benzene rings is 1. The number of nitrogens with zero attached hydrogens (tertiary/aromatic N) is 2. The van der Waals surface area contributed by atoms with Crippen LogP contribution in [0.25, 0.3) is 10.9 Å². The molecule has 2 nitrogen and oxygen atoms in total. The van der Waals surface area contributed by atoms with Gasteiger partial charge in [-0.3, -0.25) is 0 Å². The number of rotatable bonds is 0. The van der Waals surface area contributed by atoms with Gasteiger partial charge in [-0.1, -0.05) is 23.2 Å². The number of hydrogen-bond acceptors (Lipinski definition) is 2. The summed E-state index contributed by atoms with van der Waals surface area (Å²) in [6, 6.07) is 2.59. The van der Waals surface area contributed by atoms with Gasteiger partial charge in [-0.15, -0.1) is 0 Å². The molecule has 0 unspecified atom stereocenters. The van der Waals surface area contributed by atoms with Crippen LogP contribution in [0.2, 0.25) is 15.5 Å². The summed E-state index contributed by atoms with van der Waals surface area (Å²) in [6.45, 7) is 0. The third-order valence-electron chi connectivity index (χ3n) is 1.68. The highest BCUT2D eigenvalue weighted by molar-refractivity contribution is 6.39. The Bertz CT molecular complexity index is 515. The third kappa shape index (κ3) is 1.52. The molecule has 0 atom stereocenters. The molecule has 0 amide bonds. The zero-order valence-electron chi connectivity index (χ0n) is 6.56. The second kappa shape index (κ2) is 3.50. The monoisotopic (exact) mass is 250 g/mol. The zero-order valence-corrected chi connectivity index (χ0v) is 8.83. The zero-order chi connectivity index (χ0) is 10.3. The standard InChI is InChI=1S/C8H2Cl3FN2/c9-3-1-2-4(12)5-6(3)13-8(11)14-7(5)10/h1-2H. The Labute approximate surface area is 93.6 Å². The first-order valence-corrected chi connectivity index (χ1v) is 4.69. The van der Waals surface area contributed by atoms with Crippen LogP contribution < -0.4 is 0 Å². The lowest BCUT2D eigenvalue weighted by atomic mass is 10.2. The van der Waals surface area contributed by atoms with Gasteiger partial charge in [-0.25, -0.2) is 14.4 Å². The molecule has 6 heteroatoms. The predicted octanol–water partition coefficient (Wildman–Crippen LogP) is 3.73. The van der Waals surface area contributed by atoms with E-state index in [1.807, 2.05) is 0 Å². The number of halogens is 4. The summed E-state index contributed by atoms with van der Waals surface area (Å²) in [4.78, 5) is 7.42. The van der Waals surface area contributed by atoms with Crippen LogP contribution in [0.15, 0.2) is 12.1 Å². The molecular weight excluding hydrogens is 249 g/mol. The SMILES string of the molecule is Fc1ccc(Cl)c2nc(Cl)nc(Cl)c12. The van der Waals surface area contributed by atoms with E-state index in [-0.39, 0.29) is 26.4 Å². The molecular formula is C8H2Cl3FN2. The van der Waals surface area contributed by atoms with E-state index in [1.165, 1.54) is 12.1 Å². The maximum absolute atomic E-state index is 13.3. The summed E-state index contributed by atoms with van der Waals surface area (Å²) < 4.78 is 13.3. The molecule has 2 aromatic rings. The van der Waals surface area contributed by atoms with Crippen LogP contribution in [0.1, 0.15) is 0 Å². The molecule has 1 aromatic heterocycles. The normalized spacial score (nSPS) is 10.9. The fourth-order valence-corrected chi connectivity index (χ4v) is 1.77. The molecule has 1 heterocycles. The van der Waals surface area contributed by atoms with Crippen molar-refractivity contribution in [1.29, 1.82) is 0 Å². The van der Waals surface area contributed by atoms with Gasteiger partial charge in [0, 0.05) is 0 Å². The topological polar surface area (TPSA) is 25.8 Å². The Balaban J connectivity index is 3.00. The van der Waals surface area contributed by atoms with Crippen LogP contribution >= 0.6 is 34.8 Å². The highest BCUT2D eigenvalue weighted by Gasteiger charge is 2.12. The Hall–Kier alpha value is -0.640. The van der Waals surface area contributed by atoms with E-state index in [4.69, 9.17) is 34.8 Å². The first kappa shape index (κ1) is 9.90. The molecule has 0 bridgehead atoms. The lowest BCUT2D eigenvalue weighted by Crippen LogP contribution is -1.90. The van der Waals surface area contributed by atoms with Gasteiger partial charge in [-0.05, 0) is 23.7 Å². The van der Waals surface area contributed by atoms with Gasteiger partial charge >= 0.3 is 0 Å². The molecule has 0 aliphatic carbocycles. The molecule has 0 spiro atoms. The first-order chi connectivity index (χ1) is 6.59. The van der Waals surface area contributed by atoms with Gasteiger partial charge in [0.1, 0.15) is 11.0 Å². The minimum Gasteiger partial charge on any atom is -0.216 e. The van der Waals surface area contributed by atoms with E-state index in [2.05, 4.69) is 9.97 Å². The van der Waals surface area contributed by atoms with E-state index >= 15 is 0 Å². The molecule has 14 heavy (non-hydrogen) atoms. The predicted molar refractivity (Wildman–Crippen MR) is 54.5 cm³/mol. The van der Waals surface area contributed by atoms with Crippen LogP contribution in [0, 0.1) is 5.82 Å². The third-order valence-corrected chi connectivity index (χ3v) is 2.43. The van der Waals surface area contributed by atoms with Crippen LogP contribution in [0.3, 0.4) is 0 Å². The smallest absolute Gasteiger partial charge is 0.216 e. The average Bonchev–Trinajstić information content (AvgIpc) is 2.10. The molecule has 0 aliphatic heterocycles. The molecule has 1 aromatic carbocycles. The summed E-state index contributed by atoms with van der Waals surface area (Å²) in [5, 5.41) is 0.270. The fourth-order valence-electron chi connectivity index (χ4n) is 1.10. The Kier molecular flexibility index (Phi) is 2.47. The quantitative estimate of drug-likeness (QED) is 0.527. The highest BCUT2D eigenvalue weighted by atomic mass is 35.5. The lowest BCUT2D eigenvalue weighted by molar-refractivity contribution is 0.639. The lowest BCUT2D eigenvalue weighted by Gasteiger charge is -2.02. The Morgan fingerprint density at radius 1 is 1.07 bits per heavy atom. The van der Waals surface area contributed by atoms with Crippen LogP contribution in [0.4, 0.5) is 4.39 Å². The van der Waals surface area contributed by atoms with Crippen molar-refractivity contribution in [3.05, 3.63) is 33.4 Å². The minimum absolute atomic E-state index is 0.0417. The number of fused-ring (bicyclic) bond motifs is 1. The highest BCUT2D eigenvalue weighted by Crippen LogP contribution is 2.29. The summed E-state index contributed by atoms with van der Waals surface area (Å²) >= 11 is 17.1. The Morgan fingerprint density at radius 3 is 2.50 bits per heavy atom. The maximum Gasteiger partial charge on any atom is 0.224 e. The summed E-state index contributed by atoms with van der Waals surface area (Å²) in [7, 11) is 0.